The summed E-state index contributed by atoms with van der Waals surface area (Å²) in [4.78, 5) is 12.0. The van der Waals surface area contributed by atoms with Gasteiger partial charge in [-0.25, -0.2) is 8.78 Å². The molecule has 0 aliphatic carbocycles. The van der Waals surface area contributed by atoms with E-state index >= 15 is 0 Å². The van der Waals surface area contributed by atoms with Gasteiger partial charge in [-0.1, -0.05) is 0 Å². The van der Waals surface area contributed by atoms with Gasteiger partial charge in [-0.05, 0) is 12.1 Å². The highest BCUT2D eigenvalue weighted by Gasteiger charge is 2.14. The molecule has 25 heavy (non-hydrogen) atoms. The molecule has 6 nitrogen and oxygen atoms in total. The second kappa shape index (κ2) is 8.18. The summed E-state index contributed by atoms with van der Waals surface area (Å²) in [7, 11) is 4.39. The molecule has 0 radical (unpaired) electrons. The molecule has 0 atom stereocenters. The second-order valence-electron chi connectivity index (χ2n) is 4.94. The Morgan fingerprint density at radius 2 is 1.64 bits per heavy atom. The highest BCUT2D eigenvalue weighted by atomic mass is 19.1. The van der Waals surface area contributed by atoms with Crippen LogP contribution < -0.4 is 24.8 Å². The number of nitrogens with one attached hydrogen (secondary N) is 2. The zero-order valence-electron chi connectivity index (χ0n) is 14.0. The van der Waals surface area contributed by atoms with Crippen LogP contribution in [-0.2, 0) is 4.79 Å². The maximum absolute atomic E-state index is 13.5. The number of halogens is 2. The molecule has 2 aromatic carbocycles. The van der Waals surface area contributed by atoms with E-state index in [0.717, 1.165) is 12.1 Å². The van der Waals surface area contributed by atoms with E-state index in [1.807, 2.05) is 0 Å². The lowest BCUT2D eigenvalue weighted by molar-refractivity contribution is -0.114. The average Bonchev–Trinajstić information content (AvgIpc) is 2.60. The highest BCUT2D eigenvalue weighted by Crippen LogP contribution is 2.39. The van der Waals surface area contributed by atoms with Crippen LogP contribution in [0, 0.1) is 11.6 Å². The van der Waals surface area contributed by atoms with Crippen molar-refractivity contribution in [3.8, 4) is 17.2 Å². The van der Waals surface area contributed by atoms with Crippen LogP contribution in [0.1, 0.15) is 0 Å². The average molecular weight is 352 g/mol. The van der Waals surface area contributed by atoms with Gasteiger partial charge in [-0.15, -0.1) is 0 Å². The Kier molecular flexibility index (Phi) is 5.99. The Labute approximate surface area is 143 Å². The molecule has 0 fully saturated rings. The lowest BCUT2D eigenvalue weighted by Gasteiger charge is -2.15. The fourth-order valence-corrected chi connectivity index (χ4v) is 2.17. The Balaban J connectivity index is 2.07. The van der Waals surface area contributed by atoms with E-state index in [4.69, 9.17) is 14.2 Å². The smallest absolute Gasteiger partial charge is 0.243 e. The molecule has 2 rings (SSSR count). The van der Waals surface area contributed by atoms with Crippen molar-refractivity contribution in [2.45, 2.75) is 0 Å². The molecular weight excluding hydrogens is 334 g/mol. The number of benzene rings is 2. The number of methoxy groups -OCH3 is 3. The molecule has 8 heteroatoms. The van der Waals surface area contributed by atoms with Gasteiger partial charge in [0.15, 0.2) is 11.5 Å². The standard InChI is InChI=1S/C17H18F2N2O4/c1-23-14-7-11(8-15(24-2)17(14)25-3)21-16(22)9-20-13-5-4-10(18)6-12(13)19/h4-8,20H,9H2,1-3H3,(H,21,22). The van der Waals surface area contributed by atoms with Gasteiger partial charge < -0.3 is 24.8 Å². The summed E-state index contributed by atoms with van der Waals surface area (Å²) in [5.41, 5.74) is 0.447. The van der Waals surface area contributed by atoms with Crippen molar-refractivity contribution >= 4 is 17.3 Å². The van der Waals surface area contributed by atoms with Gasteiger partial charge in [-0.2, -0.15) is 0 Å². The van der Waals surface area contributed by atoms with Crippen LogP contribution in [0.3, 0.4) is 0 Å². The number of anilines is 2. The molecule has 0 saturated heterocycles. The van der Waals surface area contributed by atoms with Crippen molar-refractivity contribution in [3.05, 3.63) is 42.0 Å². The summed E-state index contributed by atoms with van der Waals surface area (Å²) in [5.74, 6) is -0.734. The lowest BCUT2D eigenvalue weighted by Crippen LogP contribution is -2.22. The summed E-state index contributed by atoms with van der Waals surface area (Å²) in [6.07, 6.45) is 0. The number of hydrogen-bond donors (Lipinski definition) is 2. The van der Waals surface area contributed by atoms with Crippen molar-refractivity contribution in [2.24, 2.45) is 0 Å². The van der Waals surface area contributed by atoms with E-state index in [2.05, 4.69) is 10.6 Å². The molecule has 2 aromatic rings. The SMILES string of the molecule is COc1cc(NC(=O)CNc2ccc(F)cc2F)cc(OC)c1OC. The maximum Gasteiger partial charge on any atom is 0.243 e. The fourth-order valence-electron chi connectivity index (χ4n) is 2.17. The summed E-state index contributed by atoms with van der Waals surface area (Å²) < 4.78 is 42.0. The number of amides is 1. The maximum atomic E-state index is 13.5. The molecule has 134 valence electrons. The number of carbonyl (C=O) groups is 1. The molecule has 2 N–H and O–H groups in total. The summed E-state index contributed by atoms with van der Waals surface area (Å²) in [6, 6.07) is 6.19. The molecule has 1 amide bonds. The number of rotatable bonds is 7. The molecule has 0 aromatic heterocycles. The van der Waals surface area contributed by atoms with Gasteiger partial charge >= 0.3 is 0 Å². The minimum Gasteiger partial charge on any atom is -0.493 e. The Hall–Kier alpha value is -3.03. The summed E-state index contributed by atoms with van der Waals surface area (Å²) in [6.45, 7) is -0.209. The quantitative estimate of drug-likeness (QED) is 0.802. The van der Waals surface area contributed by atoms with Gasteiger partial charge in [-0.3, -0.25) is 4.79 Å². The van der Waals surface area contributed by atoms with Crippen LogP contribution in [0.2, 0.25) is 0 Å². The van der Waals surface area contributed by atoms with Crippen LogP contribution in [0.15, 0.2) is 30.3 Å². The first-order valence-electron chi connectivity index (χ1n) is 7.27. The number of hydrogen-bond acceptors (Lipinski definition) is 5. The molecule has 0 aliphatic rings. The van der Waals surface area contributed by atoms with E-state index in [1.54, 1.807) is 12.1 Å². The topological polar surface area (TPSA) is 68.8 Å². The van der Waals surface area contributed by atoms with Crippen LogP contribution in [0.4, 0.5) is 20.2 Å². The van der Waals surface area contributed by atoms with Crippen molar-refractivity contribution in [1.82, 2.24) is 0 Å². The largest absolute Gasteiger partial charge is 0.493 e. The fraction of sp³-hybridized carbons (Fsp3) is 0.235. The molecule has 0 aliphatic heterocycles. The summed E-state index contributed by atoms with van der Waals surface area (Å²) in [5, 5.41) is 5.23. The number of ether oxygens (including phenoxy) is 3. The zero-order chi connectivity index (χ0) is 18.4. The molecule has 0 unspecified atom stereocenters. The normalized spacial score (nSPS) is 10.1. The van der Waals surface area contributed by atoms with Crippen molar-refractivity contribution in [2.75, 3.05) is 38.5 Å². The molecule has 0 heterocycles. The number of carbonyl (C=O) groups excluding carboxylic acids is 1. The second-order valence-corrected chi connectivity index (χ2v) is 4.94. The molecular formula is C17H18F2N2O4. The Morgan fingerprint density at radius 3 is 2.16 bits per heavy atom. The van der Waals surface area contributed by atoms with Crippen molar-refractivity contribution in [3.63, 3.8) is 0 Å². The summed E-state index contributed by atoms with van der Waals surface area (Å²) >= 11 is 0. The predicted molar refractivity (Wildman–Crippen MR) is 89.6 cm³/mol. The van der Waals surface area contributed by atoms with Gasteiger partial charge in [0.1, 0.15) is 11.6 Å². The monoisotopic (exact) mass is 352 g/mol. The third-order valence-electron chi connectivity index (χ3n) is 3.32. The van der Waals surface area contributed by atoms with Gasteiger partial charge in [0.25, 0.3) is 0 Å². The van der Waals surface area contributed by atoms with E-state index in [-0.39, 0.29) is 12.2 Å². The van der Waals surface area contributed by atoms with Crippen LogP contribution in [0.5, 0.6) is 17.2 Å². The van der Waals surface area contributed by atoms with E-state index < -0.39 is 17.5 Å². The van der Waals surface area contributed by atoms with Crippen LogP contribution in [0.25, 0.3) is 0 Å². The van der Waals surface area contributed by atoms with Gasteiger partial charge in [0, 0.05) is 23.9 Å². The molecule has 0 saturated carbocycles. The van der Waals surface area contributed by atoms with E-state index in [1.165, 1.54) is 27.4 Å². The zero-order valence-corrected chi connectivity index (χ0v) is 14.0. The van der Waals surface area contributed by atoms with Gasteiger partial charge in [0.2, 0.25) is 11.7 Å². The van der Waals surface area contributed by atoms with Crippen LogP contribution >= 0.6 is 0 Å². The third-order valence-corrected chi connectivity index (χ3v) is 3.32. The first-order chi connectivity index (χ1) is 12.0. The Bertz CT molecular complexity index is 743. The van der Waals surface area contributed by atoms with Gasteiger partial charge in [0.05, 0.1) is 33.6 Å². The van der Waals surface area contributed by atoms with Crippen LogP contribution in [-0.4, -0.2) is 33.8 Å². The van der Waals surface area contributed by atoms with Crippen molar-refractivity contribution < 1.29 is 27.8 Å². The predicted octanol–water partition coefficient (Wildman–Crippen LogP) is 3.04. The first-order valence-corrected chi connectivity index (χ1v) is 7.27. The minimum absolute atomic E-state index is 0.0291. The molecule has 0 bridgehead atoms. The third kappa shape index (κ3) is 4.50. The van der Waals surface area contributed by atoms with E-state index in [9.17, 15) is 13.6 Å². The lowest BCUT2D eigenvalue weighted by atomic mass is 10.2. The van der Waals surface area contributed by atoms with E-state index in [0.29, 0.717) is 22.9 Å². The molecule has 0 spiro atoms. The highest BCUT2D eigenvalue weighted by molar-refractivity contribution is 5.94. The minimum atomic E-state index is -0.777. The van der Waals surface area contributed by atoms with Crippen molar-refractivity contribution in [1.29, 1.82) is 0 Å². The Morgan fingerprint density at radius 1 is 1.00 bits per heavy atom. The first kappa shape index (κ1) is 18.3.